The number of thiocarbonyl (C=S) groups is 1. The van der Waals surface area contributed by atoms with Crippen LogP contribution in [0.15, 0.2) is 66.9 Å². The predicted octanol–water partition coefficient (Wildman–Crippen LogP) is 5.43. The number of rotatable bonds is 9. The molecule has 7 heteroatoms. The molecular formula is C27H25FN2O3S. The van der Waals surface area contributed by atoms with Crippen LogP contribution in [0, 0.1) is 5.82 Å². The minimum atomic E-state index is -0.363. The van der Waals surface area contributed by atoms with Crippen molar-refractivity contribution in [2.24, 2.45) is 5.73 Å². The summed E-state index contributed by atoms with van der Waals surface area (Å²) in [6.07, 6.45) is 2.86. The Labute approximate surface area is 202 Å². The highest BCUT2D eigenvalue weighted by atomic mass is 32.1. The van der Waals surface area contributed by atoms with E-state index in [2.05, 4.69) is 0 Å². The van der Waals surface area contributed by atoms with Gasteiger partial charge in [-0.15, -0.1) is 0 Å². The van der Waals surface area contributed by atoms with Crippen LogP contribution in [0.2, 0.25) is 0 Å². The first kappa shape index (κ1) is 23.6. The van der Waals surface area contributed by atoms with E-state index in [-0.39, 0.29) is 19.0 Å². The molecule has 0 saturated carbocycles. The number of hydrogen-bond acceptors (Lipinski definition) is 5. The summed E-state index contributed by atoms with van der Waals surface area (Å²) in [6.45, 7) is 2.73. The molecule has 0 aliphatic heterocycles. The van der Waals surface area contributed by atoms with E-state index in [4.69, 9.17) is 27.4 Å². The standard InChI is InChI=1S/C27H25FN2O3S/c1-2-32-26(34)14-19-6-3-4-9-25(19)33-16-18-12-23(21-10-11-30(17-31)24(21)13-18)22-8-5-7-20(15-29)27(22)28/h3-13,17H,2,14-16,29H2,1H3. The predicted molar refractivity (Wildman–Crippen MR) is 136 cm³/mol. The highest BCUT2D eigenvalue weighted by Gasteiger charge is 2.16. The molecule has 0 unspecified atom stereocenters. The molecule has 1 aromatic heterocycles. The van der Waals surface area contributed by atoms with Crippen molar-refractivity contribution in [3.63, 3.8) is 0 Å². The first-order valence-corrected chi connectivity index (χ1v) is 11.4. The van der Waals surface area contributed by atoms with Gasteiger partial charge in [-0.05, 0) is 54.5 Å². The number of nitrogens with two attached hydrogens (primary N) is 1. The number of nitrogens with zero attached hydrogens (tertiary/aromatic N) is 1. The topological polar surface area (TPSA) is 66.5 Å². The van der Waals surface area contributed by atoms with Gasteiger partial charge < -0.3 is 15.2 Å². The molecule has 0 aliphatic rings. The van der Waals surface area contributed by atoms with Gasteiger partial charge in [0.1, 0.15) is 18.2 Å². The first-order chi connectivity index (χ1) is 16.5. The number of carbonyl (C=O) groups excluding carboxylic acids is 1. The van der Waals surface area contributed by atoms with E-state index in [1.54, 1.807) is 24.4 Å². The fraction of sp³-hybridized carbons (Fsp3) is 0.185. The molecule has 4 aromatic rings. The number of halogens is 1. The summed E-state index contributed by atoms with van der Waals surface area (Å²) < 4.78 is 28.2. The molecule has 2 N–H and O–H groups in total. The van der Waals surface area contributed by atoms with E-state index in [9.17, 15) is 4.79 Å². The van der Waals surface area contributed by atoms with Crippen molar-refractivity contribution in [2.75, 3.05) is 6.61 Å². The van der Waals surface area contributed by atoms with Crippen LogP contribution in [0.5, 0.6) is 5.75 Å². The zero-order valence-electron chi connectivity index (χ0n) is 18.8. The monoisotopic (exact) mass is 476 g/mol. The number of para-hydroxylation sites is 1. The van der Waals surface area contributed by atoms with Gasteiger partial charge in [0.05, 0.1) is 12.1 Å². The van der Waals surface area contributed by atoms with Gasteiger partial charge in [0.25, 0.3) is 0 Å². The molecule has 1 heterocycles. The Morgan fingerprint density at radius 1 is 1.09 bits per heavy atom. The third-order valence-corrected chi connectivity index (χ3v) is 5.87. The van der Waals surface area contributed by atoms with Crippen molar-refractivity contribution in [1.82, 2.24) is 4.57 Å². The van der Waals surface area contributed by atoms with Crippen LogP contribution in [0.25, 0.3) is 22.0 Å². The van der Waals surface area contributed by atoms with Gasteiger partial charge in [0.2, 0.25) is 6.41 Å². The molecule has 34 heavy (non-hydrogen) atoms. The second-order valence-electron chi connectivity index (χ2n) is 7.77. The number of carbonyl (C=O) groups is 1. The largest absolute Gasteiger partial charge is 0.489 e. The van der Waals surface area contributed by atoms with Crippen molar-refractivity contribution in [2.45, 2.75) is 26.5 Å². The summed E-state index contributed by atoms with van der Waals surface area (Å²) in [4.78, 5) is 11.6. The van der Waals surface area contributed by atoms with Gasteiger partial charge in [-0.3, -0.25) is 9.36 Å². The summed E-state index contributed by atoms with van der Waals surface area (Å²) in [6, 6.07) is 18.4. The lowest BCUT2D eigenvalue weighted by Crippen LogP contribution is -2.07. The molecule has 0 bridgehead atoms. The van der Waals surface area contributed by atoms with Crippen LogP contribution in [-0.2, 0) is 29.1 Å². The molecule has 4 rings (SSSR count). The smallest absolute Gasteiger partial charge is 0.218 e. The third-order valence-electron chi connectivity index (χ3n) is 5.61. The second-order valence-corrected chi connectivity index (χ2v) is 8.22. The van der Waals surface area contributed by atoms with Crippen molar-refractivity contribution >= 4 is 34.6 Å². The van der Waals surface area contributed by atoms with E-state index >= 15 is 4.39 Å². The zero-order valence-corrected chi connectivity index (χ0v) is 19.6. The summed E-state index contributed by atoms with van der Waals surface area (Å²) in [5.74, 6) is 0.325. The normalized spacial score (nSPS) is 10.9. The Morgan fingerprint density at radius 2 is 1.88 bits per heavy atom. The van der Waals surface area contributed by atoms with Crippen LogP contribution in [0.3, 0.4) is 0 Å². The van der Waals surface area contributed by atoms with Crippen LogP contribution in [0.1, 0.15) is 23.6 Å². The van der Waals surface area contributed by atoms with Crippen molar-refractivity contribution in [3.05, 3.63) is 89.4 Å². The van der Waals surface area contributed by atoms with Crippen molar-refractivity contribution in [3.8, 4) is 16.9 Å². The number of hydrogen-bond donors (Lipinski definition) is 1. The summed E-state index contributed by atoms with van der Waals surface area (Å²) >= 11 is 5.29. The molecule has 174 valence electrons. The molecule has 0 radical (unpaired) electrons. The average molecular weight is 477 g/mol. The molecule has 3 aromatic carbocycles. The van der Waals surface area contributed by atoms with Gasteiger partial charge in [-0.25, -0.2) is 4.39 Å². The SMILES string of the molecule is CCOC(=S)Cc1ccccc1OCc1cc(-c2cccc(CN)c2F)c2ccn(C=O)c2c1. The number of benzene rings is 3. The zero-order chi connectivity index (χ0) is 24.1. The lowest BCUT2D eigenvalue weighted by atomic mass is 9.97. The molecule has 0 fully saturated rings. The Hall–Kier alpha value is -3.55. The van der Waals surface area contributed by atoms with Crippen molar-refractivity contribution < 1.29 is 18.7 Å². The third kappa shape index (κ3) is 4.85. The van der Waals surface area contributed by atoms with Crippen LogP contribution >= 0.6 is 12.2 Å². The highest BCUT2D eigenvalue weighted by Crippen LogP contribution is 2.34. The molecular weight excluding hydrogens is 451 g/mol. The quantitative estimate of drug-likeness (QED) is 0.258. The van der Waals surface area contributed by atoms with Gasteiger partial charge >= 0.3 is 0 Å². The molecule has 0 atom stereocenters. The van der Waals surface area contributed by atoms with Gasteiger partial charge in [-0.1, -0.05) is 36.4 Å². The molecule has 0 saturated heterocycles. The van der Waals surface area contributed by atoms with Gasteiger partial charge in [0.15, 0.2) is 5.05 Å². The Bertz CT molecular complexity index is 1350. The Balaban J connectivity index is 1.71. The van der Waals surface area contributed by atoms with E-state index in [0.29, 0.717) is 46.0 Å². The number of ether oxygens (including phenoxy) is 2. The second kappa shape index (κ2) is 10.6. The Morgan fingerprint density at radius 3 is 2.65 bits per heavy atom. The maximum absolute atomic E-state index is 15.2. The summed E-state index contributed by atoms with van der Waals surface area (Å²) in [5.41, 5.74) is 9.64. The van der Waals surface area contributed by atoms with Crippen molar-refractivity contribution in [1.29, 1.82) is 0 Å². The molecule has 0 aliphatic carbocycles. The fourth-order valence-electron chi connectivity index (χ4n) is 3.98. The maximum Gasteiger partial charge on any atom is 0.218 e. The van der Waals surface area contributed by atoms with E-state index in [1.807, 2.05) is 49.4 Å². The minimum Gasteiger partial charge on any atom is -0.489 e. The maximum atomic E-state index is 15.2. The molecule has 0 amide bonds. The summed E-state index contributed by atoms with van der Waals surface area (Å²) in [7, 11) is 0. The van der Waals surface area contributed by atoms with Crippen LogP contribution in [-0.4, -0.2) is 22.6 Å². The molecule has 5 nitrogen and oxygen atoms in total. The Kier molecular flexibility index (Phi) is 7.35. The summed E-state index contributed by atoms with van der Waals surface area (Å²) in [5, 5.41) is 1.27. The van der Waals surface area contributed by atoms with E-state index < -0.39 is 0 Å². The number of fused-ring (bicyclic) bond motifs is 1. The first-order valence-electron chi connectivity index (χ1n) is 11.0. The van der Waals surface area contributed by atoms with Gasteiger partial charge in [-0.2, -0.15) is 0 Å². The highest BCUT2D eigenvalue weighted by molar-refractivity contribution is 7.80. The van der Waals surface area contributed by atoms with E-state index in [1.165, 1.54) is 4.57 Å². The lowest BCUT2D eigenvalue weighted by molar-refractivity contribution is 0.301. The number of aromatic nitrogens is 1. The van der Waals surface area contributed by atoms with Crippen LogP contribution in [0.4, 0.5) is 4.39 Å². The van der Waals surface area contributed by atoms with Gasteiger partial charge in [0, 0.05) is 41.2 Å². The lowest BCUT2D eigenvalue weighted by Gasteiger charge is -2.14. The average Bonchev–Trinajstić information content (AvgIpc) is 3.26. The fourth-order valence-corrected chi connectivity index (χ4v) is 4.26. The van der Waals surface area contributed by atoms with E-state index in [0.717, 1.165) is 22.9 Å². The van der Waals surface area contributed by atoms with Crippen LogP contribution < -0.4 is 10.5 Å². The minimum absolute atomic E-state index is 0.0986. The molecule has 0 spiro atoms.